The molecule has 1 fully saturated rings. The molecule has 2 aromatic rings. The lowest BCUT2D eigenvalue weighted by atomic mass is 10.1. The number of hydrogen-bond donors (Lipinski definition) is 1. The lowest BCUT2D eigenvalue weighted by Gasteiger charge is -2.29. The Kier molecular flexibility index (Phi) is 3.09. The number of aromatic amines is 1. The molecule has 0 bridgehead atoms. The predicted octanol–water partition coefficient (Wildman–Crippen LogP) is 3.00. The molecule has 114 valence electrons. The van der Waals surface area contributed by atoms with Crippen LogP contribution in [0.25, 0.3) is 17.0 Å². The third-order valence-electron chi connectivity index (χ3n) is 3.79. The predicted molar refractivity (Wildman–Crippen MR) is 82.0 cm³/mol. The number of ether oxygens (including phenoxy) is 2. The minimum absolute atomic E-state index is 0.100. The number of aromatic nitrogens is 1. The first-order valence-electron chi connectivity index (χ1n) is 7.05. The normalized spacial score (nSPS) is 17.4. The van der Waals surface area contributed by atoms with Crippen LogP contribution in [0.2, 0.25) is 0 Å². The molecule has 0 aliphatic carbocycles. The molecule has 1 N–H and O–H groups in total. The number of carbonyl (C=O) groups excluding carboxylic acids is 2. The average Bonchev–Trinajstić information content (AvgIpc) is 2.70. The zero-order valence-corrected chi connectivity index (χ0v) is 12.9. The van der Waals surface area contributed by atoms with Crippen LogP contribution in [0, 0.1) is 13.8 Å². The van der Waals surface area contributed by atoms with Crippen LogP contribution in [0.3, 0.4) is 0 Å². The molecule has 0 saturated carbocycles. The van der Waals surface area contributed by atoms with E-state index in [1.54, 1.807) is 0 Å². The Morgan fingerprint density at radius 2 is 1.73 bits per heavy atom. The smallest absolute Gasteiger partial charge is 0.348 e. The van der Waals surface area contributed by atoms with Gasteiger partial charge >= 0.3 is 11.9 Å². The second-order valence-electron chi connectivity index (χ2n) is 5.88. The van der Waals surface area contributed by atoms with Crippen LogP contribution in [0.1, 0.15) is 30.7 Å². The van der Waals surface area contributed by atoms with Crippen molar-refractivity contribution in [3.05, 3.63) is 40.6 Å². The largest absolute Gasteiger partial charge is 0.419 e. The molecule has 1 aliphatic heterocycles. The molecule has 1 aromatic carbocycles. The SMILES string of the molecule is Cc1[nH]c2c(C=C3C(=O)OC(C)(C)OC3=O)cccc2c1C. The fourth-order valence-electron chi connectivity index (χ4n) is 2.56. The summed E-state index contributed by atoms with van der Waals surface area (Å²) in [5.41, 5.74) is 3.73. The molecule has 5 heteroatoms. The van der Waals surface area contributed by atoms with Crippen LogP contribution in [0.15, 0.2) is 23.8 Å². The number of carbonyl (C=O) groups is 2. The first-order valence-corrected chi connectivity index (χ1v) is 7.05. The highest BCUT2D eigenvalue weighted by atomic mass is 16.7. The van der Waals surface area contributed by atoms with Crippen molar-refractivity contribution in [2.75, 3.05) is 0 Å². The van der Waals surface area contributed by atoms with Gasteiger partial charge in [0, 0.05) is 24.9 Å². The van der Waals surface area contributed by atoms with Crippen molar-refractivity contribution < 1.29 is 19.1 Å². The first-order chi connectivity index (χ1) is 10.3. The van der Waals surface area contributed by atoms with Gasteiger partial charge in [0.25, 0.3) is 5.79 Å². The van der Waals surface area contributed by atoms with Crippen molar-refractivity contribution in [2.45, 2.75) is 33.5 Å². The highest BCUT2D eigenvalue weighted by Crippen LogP contribution is 2.28. The molecule has 0 radical (unpaired) electrons. The van der Waals surface area contributed by atoms with Gasteiger partial charge in [0.15, 0.2) is 0 Å². The maximum atomic E-state index is 12.0. The number of fused-ring (bicyclic) bond motifs is 1. The number of rotatable bonds is 1. The van der Waals surface area contributed by atoms with Crippen molar-refractivity contribution in [1.82, 2.24) is 4.98 Å². The second-order valence-corrected chi connectivity index (χ2v) is 5.88. The standard InChI is InChI=1S/C17H17NO4/c1-9-10(2)18-14-11(6-5-7-12(9)14)8-13-15(19)21-17(3,4)22-16(13)20/h5-8,18H,1-4H3. The monoisotopic (exact) mass is 299 g/mol. The lowest BCUT2D eigenvalue weighted by Crippen LogP contribution is -2.41. The number of benzene rings is 1. The number of esters is 2. The topological polar surface area (TPSA) is 68.4 Å². The highest BCUT2D eigenvalue weighted by Gasteiger charge is 2.38. The van der Waals surface area contributed by atoms with E-state index >= 15 is 0 Å². The van der Waals surface area contributed by atoms with Crippen LogP contribution < -0.4 is 0 Å². The van der Waals surface area contributed by atoms with E-state index in [9.17, 15) is 9.59 Å². The summed E-state index contributed by atoms with van der Waals surface area (Å²) in [6.45, 7) is 7.06. The zero-order chi connectivity index (χ0) is 16.1. The molecule has 22 heavy (non-hydrogen) atoms. The maximum absolute atomic E-state index is 12.0. The summed E-state index contributed by atoms with van der Waals surface area (Å²) in [4.78, 5) is 27.3. The van der Waals surface area contributed by atoms with Gasteiger partial charge in [-0.2, -0.15) is 0 Å². The van der Waals surface area contributed by atoms with Crippen LogP contribution in [-0.2, 0) is 19.1 Å². The van der Waals surface area contributed by atoms with E-state index < -0.39 is 17.7 Å². The fourth-order valence-corrected chi connectivity index (χ4v) is 2.56. The molecule has 0 spiro atoms. The summed E-state index contributed by atoms with van der Waals surface area (Å²) in [7, 11) is 0. The molecule has 1 aromatic heterocycles. The van der Waals surface area contributed by atoms with Gasteiger partial charge in [-0.15, -0.1) is 0 Å². The highest BCUT2D eigenvalue weighted by molar-refractivity contribution is 6.19. The van der Waals surface area contributed by atoms with Gasteiger partial charge in [0.05, 0.1) is 5.52 Å². The summed E-state index contributed by atoms with van der Waals surface area (Å²) < 4.78 is 10.2. The number of hydrogen-bond acceptors (Lipinski definition) is 4. The third-order valence-corrected chi connectivity index (χ3v) is 3.79. The third kappa shape index (κ3) is 2.28. The molecule has 1 saturated heterocycles. The Morgan fingerprint density at radius 3 is 2.36 bits per heavy atom. The Balaban J connectivity index is 2.11. The van der Waals surface area contributed by atoms with E-state index in [0.717, 1.165) is 27.7 Å². The van der Waals surface area contributed by atoms with Crippen molar-refractivity contribution in [3.63, 3.8) is 0 Å². The Hall–Kier alpha value is -2.56. The molecule has 5 nitrogen and oxygen atoms in total. The molecule has 0 atom stereocenters. The average molecular weight is 299 g/mol. The molecule has 3 rings (SSSR count). The minimum Gasteiger partial charge on any atom is -0.419 e. The van der Waals surface area contributed by atoms with Gasteiger partial charge in [-0.05, 0) is 31.1 Å². The Morgan fingerprint density at radius 1 is 1.09 bits per heavy atom. The summed E-state index contributed by atoms with van der Waals surface area (Å²) in [5, 5.41) is 1.06. The Bertz CT molecular complexity index is 805. The van der Waals surface area contributed by atoms with Gasteiger partial charge in [-0.3, -0.25) is 0 Å². The fraction of sp³-hybridized carbons (Fsp3) is 0.294. The number of H-pyrrole nitrogens is 1. The second kappa shape index (κ2) is 4.73. The van der Waals surface area contributed by atoms with Crippen molar-refractivity contribution in [3.8, 4) is 0 Å². The van der Waals surface area contributed by atoms with E-state index in [1.807, 2.05) is 32.0 Å². The van der Waals surface area contributed by atoms with Crippen molar-refractivity contribution in [1.29, 1.82) is 0 Å². The van der Waals surface area contributed by atoms with Gasteiger partial charge in [0.2, 0.25) is 0 Å². The molecule has 0 unspecified atom stereocenters. The molecule has 1 aliphatic rings. The zero-order valence-electron chi connectivity index (χ0n) is 12.9. The molecular formula is C17H17NO4. The van der Waals surface area contributed by atoms with E-state index in [2.05, 4.69) is 4.98 Å². The summed E-state index contributed by atoms with van der Waals surface area (Å²) in [5.74, 6) is -2.56. The summed E-state index contributed by atoms with van der Waals surface area (Å²) >= 11 is 0. The molecule has 2 heterocycles. The van der Waals surface area contributed by atoms with E-state index in [1.165, 1.54) is 19.9 Å². The van der Waals surface area contributed by atoms with Crippen molar-refractivity contribution >= 4 is 28.9 Å². The maximum Gasteiger partial charge on any atom is 0.348 e. The van der Waals surface area contributed by atoms with Crippen LogP contribution in [0.5, 0.6) is 0 Å². The van der Waals surface area contributed by atoms with E-state index in [-0.39, 0.29) is 5.57 Å². The minimum atomic E-state index is -1.23. The summed E-state index contributed by atoms with van der Waals surface area (Å²) in [6, 6.07) is 5.72. The van der Waals surface area contributed by atoms with Crippen molar-refractivity contribution in [2.24, 2.45) is 0 Å². The molecular weight excluding hydrogens is 282 g/mol. The molecule has 0 amide bonds. The van der Waals surface area contributed by atoms with Crippen LogP contribution >= 0.6 is 0 Å². The van der Waals surface area contributed by atoms with Gasteiger partial charge in [-0.1, -0.05) is 18.2 Å². The number of nitrogens with one attached hydrogen (secondary N) is 1. The van der Waals surface area contributed by atoms with Crippen LogP contribution in [0.4, 0.5) is 0 Å². The van der Waals surface area contributed by atoms with Gasteiger partial charge in [-0.25, -0.2) is 9.59 Å². The number of aryl methyl sites for hydroxylation is 2. The Labute approximate surface area is 127 Å². The lowest BCUT2D eigenvalue weighted by molar-refractivity contribution is -0.222. The van der Waals surface area contributed by atoms with Gasteiger partial charge in [0.1, 0.15) is 5.57 Å². The van der Waals surface area contributed by atoms with Crippen LogP contribution in [-0.4, -0.2) is 22.7 Å². The van der Waals surface area contributed by atoms with E-state index in [4.69, 9.17) is 9.47 Å². The van der Waals surface area contributed by atoms with Gasteiger partial charge < -0.3 is 14.5 Å². The number of cyclic esters (lactones) is 2. The van der Waals surface area contributed by atoms with E-state index in [0.29, 0.717) is 0 Å². The quantitative estimate of drug-likeness (QED) is 0.499. The first kappa shape index (κ1) is 14.4. The number of para-hydroxylation sites is 1. The summed E-state index contributed by atoms with van der Waals surface area (Å²) in [6.07, 6.45) is 1.51.